The molecule has 1 amide bonds. The summed E-state index contributed by atoms with van der Waals surface area (Å²) in [4.78, 5) is 23.7. The van der Waals surface area contributed by atoms with E-state index in [0.717, 1.165) is 32.4 Å². The molecule has 1 rings (SSSR count). The number of rotatable bonds is 5. The fourth-order valence-corrected chi connectivity index (χ4v) is 2.01. The predicted molar refractivity (Wildman–Crippen MR) is 58.0 cm³/mol. The van der Waals surface area contributed by atoms with Crippen molar-refractivity contribution in [2.75, 3.05) is 26.8 Å². The first-order valence-electron chi connectivity index (χ1n) is 5.62. The Kier molecular flexibility index (Phi) is 5.25. The second-order valence-corrected chi connectivity index (χ2v) is 4.19. The van der Waals surface area contributed by atoms with Gasteiger partial charge in [-0.05, 0) is 25.2 Å². The van der Waals surface area contributed by atoms with E-state index in [9.17, 15) is 9.59 Å². The Balaban J connectivity index is 2.23. The van der Waals surface area contributed by atoms with Crippen LogP contribution in [-0.2, 0) is 14.3 Å². The normalized spacial score (nSPS) is 17.4. The van der Waals surface area contributed by atoms with Crippen molar-refractivity contribution in [3.8, 4) is 0 Å². The molecule has 1 saturated heterocycles. The molecule has 0 aromatic rings. The molecule has 0 bridgehead atoms. The van der Waals surface area contributed by atoms with Gasteiger partial charge in [-0.3, -0.25) is 9.59 Å². The number of carbonyl (C=O) groups excluding carboxylic acids is 1. The lowest BCUT2D eigenvalue weighted by Crippen LogP contribution is -2.40. The van der Waals surface area contributed by atoms with Crippen molar-refractivity contribution in [1.82, 2.24) is 4.90 Å². The first kappa shape index (κ1) is 13.0. The molecule has 5 nitrogen and oxygen atoms in total. The fourth-order valence-electron chi connectivity index (χ4n) is 2.01. The Morgan fingerprint density at radius 1 is 1.38 bits per heavy atom. The summed E-state index contributed by atoms with van der Waals surface area (Å²) in [6.07, 6.45) is 2.77. The molecule has 0 aliphatic carbocycles. The minimum atomic E-state index is -0.738. The van der Waals surface area contributed by atoms with Gasteiger partial charge in [0.15, 0.2) is 0 Å². The summed E-state index contributed by atoms with van der Waals surface area (Å²) in [7, 11) is 1.51. The number of methoxy groups -OCH3 is 1. The van der Waals surface area contributed by atoms with Crippen molar-refractivity contribution in [3.63, 3.8) is 0 Å². The summed E-state index contributed by atoms with van der Waals surface area (Å²) < 4.78 is 4.79. The molecule has 16 heavy (non-hydrogen) atoms. The van der Waals surface area contributed by atoms with E-state index in [0.29, 0.717) is 5.92 Å². The maximum Gasteiger partial charge on any atom is 0.303 e. The third-order valence-corrected chi connectivity index (χ3v) is 3.00. The monoisotopic (exact) mass is 229 g/mol. The van der Waals surface area contributed by atoms with E-state index in [4.69, 9.17) is 9.84 Å². The van der Waals surface area contributed by atoms with Crippen LogP contribution in [0.1, 0.15) is 25.7 Å². The van der Waals surface area contributed by atoms with E-state index in [1.54, 1.807) is 4.90 Å². The molecule has 1 aliphatic rings. The van der Waals surface area contributed by atoms with Crippen LogP contribution in [0.15, 0.2) is 0 Å². The highest BCUT2D eigenvalue weighted by Crippen LogP contribution is 2.21. The smallest absolute Gasteiger partial charge is 0.303 e. The van der Waals surface area contributed by atoms with Gasteiger partial charge in [0.1, 0.15) is 6.61 Å². The highest BCUT2D eigenvalue weighted by molar-refractivity contribution is 5.77. The quantitative estimate of drug-likeness (QED) is 0.755. The zero-order chi connectivity index (χ0) is 12.0. The van der Waals surface area contributed by atoms with Gasteiger partial charge in [-0.25, -0.2) is 0 Å². The molecular formula is C11H19NO4. The van der Waals surface area contributed by atoms with Crippen LogP contribution in [-0.4, -0.2) is 48.7 Å². The molecule has 1 N–H and O–H groups in total. The maximum atomic E-state index is 11.5. The van der Waals surface area contributed by atoms with Gasteiger partial charge in [0.05, 0.1) is 0 Å². The minimum Gasteiger partial charge on any atom is -0.481 e. The highest BCUT2D eigenvalue weighted by Gasteiger charge is 2.22. The molecule has 0 radical (unpaired) electrons. The molecule has 92 valence electrons. The summed E-state index contributed by atoms with van der Waals surface area (Å²) in [5, 5.41) is 8.57. The number of aliphatic carboxylic acids is 1. The van der Waals surface area contributed by atoms with E-state index < -0.39 is 5.97 Å². The summed E-state index contributed by atoms with van der Waals surface area (Å²) in [5.41, 5.74) is 0. The van der Waals surface area contributed by atoms with E-state index in [1.807, 2.05) is 0 Å². The van der Waals surface area contributed by atoms with Crippen LogP contribution >= 0.6 is 0 Å². The van der Waals surface area contributed by atoms with Crippen LogP contribution in [0.2, 0.25) is 0 Å². The van der Waals surface area contributed by atoms with Crippen LogP contribution in [0, 0.1) is 5.92 Å². The van der Waals surface area contributed by atoms with Gasteiger partial charge < -0.3 is 14.7 Å². The van der Waals surface area contributed by atoms with Crippen molar-refractivity contribution < 1.29 is 19.4 Å². The van der Waals surface area contributed by atoms with Gasteiger partial charge in [0, 0.05) is 26.6 Å². The summed E-state index contributed by atoms with van der Waals surface area (Å²) in [6, 6.07) is 0. The van der Waals surface area contributed by atoms with Crippen LogP contribution in [0.4, 0.5) is 0 Å². The average molecular weight is 229 g/mol. The zero-order valence-corrected chi connectivity index (χ0v) is 9.65. The van der Waals surface area contributed by atoms with Gasteiger partial charge in [-0.15, -0.1) is 0 Å². The number of ether oxygens (including phenoxy) is 1. The molecule has 1 heterocycles. The summed E-state index contributed by atoms with van der Waals surface area (Å²) in [5.74, 6) is -0.264. The largest absolute Gasteiger partial charge is 0.481 e. The lowest BCUT2D eigenvalue weighted by molar-refractivity contribution is -0.139. The fraction of sp³-hybridized carbons (Fsp3) is 0.818. The Labute approximate surface area is 95.4 Å². The number of carboxylic acid groups (broad SMARTS) is 1. The topological polar surface area (TPSA) is 66.8 Å². The van der Waals surface area contributed by atoms with Gasteiger partial charge in [0.2, 0.25) is 5.91 Å². The summed E-state index contributed by atoms with van der Waals surface area (Å²) >= 11 is 0. The minimum absolute atomic E-state index is 0.0270. The van der Waals surface area contributed by atoms with Crippen molar-refractivity contribution >= 4 is 11.9 Å². The molecule has 0 aromatic heterocycles. The maximum absolute atomic E-state index is 11.5. The molecule has 0 spiro atoms. The van der Waals surface area contributed by atoms with E-state index in [1.165, 1.54) is 7.11 Å². The number of nitrogens with zero attached hydrogens (tertiary/aromatic N) is 1. The van der Waals surface area contributed by atoms with Crippen LogP contribution < -0.4 is 0 Å². The molecule has 0 aromatic carbocycles. The molecule has 0 unspecified atom stereocenters. The Morgan fingerprint density at radius 3 is 2.50 bits per heavy atom. The average Bonchev–Trinajstić information content (AvgIpc) is 2.27. The standard InChI is InChI=1S/C11H19NO4/c1-16-8-10(13)12-6-4-9(5-7-12)2-3-11(14)15/h9H,2-8H2,1H3,(H,14,15). The van der Waals surface area contributed by atoms with Crippen molar-refractivity contribution in [2.24, 2.45) is 5.92 Å². The van der Waals surface area contributed by atoms with E-state index >= 15 is 0 Å². The van der Waals surface area contributed by atoms with Crippen molar-refractivity contribution in [3.05, 3.63) is 0 Å². The number of hydrogen-bond acceptors (Lipinski definition) is 3. The van der Waals surface area contributed by atoms with Gasteiger partial charge >= 0.3 is 5.97 Å². The predicted octanol–water partition coefficient (Wildman–Crippen LogP) is 0.736. The van der Waals surface area contributed by atoms with Crippen molar-refractivity contribution in [2.45, 2.75) is 25.7 Å². The first-order valence-corrected chi connectivity index (χ1v) is 5.62. The molecule has 0 atom stereocenters. The SMILES string of the molecule is COCC(=O)N1CCC(CCC(=O)O)CC1. The Hall–Kier alpha value is -1.10. The van der Waals surface area contributed by atoms with Gasteiger partial charge in [-0.1, -0.05) is 0 Å². The molecule has 5 heteroatoms. The Bertz CT molecular complexity index is 246. The van der Waals surface area contributed by atoms with Crippen molar-refractivity contribution in [1.29, 1.82) is 0 Å². The lowest BCUT2D eigenvalue weighted by atomic mass is 9.92. The third kappa shape index (κ3) is 4.18. The number of hydrogen-bond donors (Lipinski definition) is 1. The molecule has 0 saturated carbocycles. The lowest BCUT2D eigenvalue weighted by Gasteiger charge is -2.31. The second-order valence-electron chi connectivity index (χ2n) is 4.19. The highest BCUT2D eigenvalue weighted by atomic mass is 16.5. The van der Waals surface area contributed by atoms with E-state index in [-0.39, 0.29) is 18.9 Å². The third-order valence-electron chi connectivity index (χ3n) is 3.00. The number of carbonyl (C=O) groups is 2. The summed E-state index contributed by atoms with van der Waals surface area (Å²) in [6.45, 7) is 1.60. The van der Waals surface area contributed by atoms with Gasteiger partial charge in [-0.2, -0.15) is 0 Å². The zero-order valence-electron chi connectivity index (χ0n) is 9.65. The number of likely N-dealkylation sites (tertiary alicyclic amines) is 1. The number of piperidine rings is 1. The first-order chi connectivity index (χ1) is 7.63. The molecule has 1 fully saturated rings. The Morgan fingerprint density at radius 2 is 2.00 bits per heavy atom. The number of amides is 1. The van der Waals surface area contributed by atoms with Crippen LogP contribution in [0.3, 0.4) is 0 Å². The molecule has 1 aliphatic heterocycles. The second kappa shape index (κ2) is 6.48. The molecular weight excluding hydrogens is 210 g/mol. The van der Waals surface area contributed by atoms with Crippen LogP contribution in [0.25, 0.3) is 0 Å². The van der Waals surface area contributed by atoms with Gasteiger partial charge in [0.25, 0.3) is 0 Å². The van der Waals surface area contributed by atoms with E-state index in [2.05, 4.69) is 0 Å². The number of carboxylic acids is 1. The van der Waals surface area contributed by atoms with Crippen LogP contribution in [0.5, 0.6) is 0 Å².